The fraction of sp³-hybridized carbons (Fsp3) is 0.308. The number of amides is 1. The van der Waals surface area contributed by atoms with Crippen molar-refractivity contribution in [3.8, 4) is 11.6 Å². The predicted molar refractivity (Wildman–Crippen MR) is 126 cm³/mol. The number of pyridine rings is 2. The molecule has 1 saturated heterocycles. The molecule has 1 aliphatic rings. The van der Waals surface area contributed by atoms with Gasteiger partial charge in [-0.05, 0) is 69.0 Å². The van der Waals surface area contributed by atoms with Gasteiger partial charge in [-0.15, -0.1) is 0 Å². The lowest BCUT2D eigenvalue weighted by Crippen LogP contribution is -2.35. The van der Waals surface area contributed by atoms with E-state index >= 15 is 0 Å². The molecule has 0 spiro atoms. The average molecular weight is 442 g/mol. The maximum absolute atomic E-state index is 13.1. The number of nitrogens with zero attached hydrogens (tertiary/aromatic N) is 5. The van der Waals surface area contributed by atoms with Gasteiger partial charge in [0.2, 0.25) is 0 Å². The Morgan fingerprint density at radius 2 is 1.88 bits per heavy atom. The molecule has 3 aromatic heterocycles. The summed E-state index contributed by atoms with van der Waals surface area (Å²) in [5.41, 5.74) is 4.60. The standard InChI is InChI=1S/C26H27N5O2/c1-17-8-6-9-18(2)25(17)33-16-24(32)30-15-7-10-22(30)21-13-12-20-19(3)29-31(26(20)28-21)23-11-4-5-14-27-23/h4-6,8-9,11-14,22H,7,10,15-16H2,1-3H3. The van der Waals surface area contributed by atoms with Gasteiger partial charge in [0.15, 0.2) is 18.1 Å². The molecule has 0 bridgehead atoms. The van der Waals surface area contributed by atoms with Gasteiger partial charge in [-0.2, -0.15) is 9.78 Å². The molecule has 4 heterocycles. The summed E-state index contributed by atoms with van der Waals surface area (Å²) in [6.07, 6.45) is 3.57. The number of aryl methyl sites for hydroxylation is 3. The largest absolute Gasteiger partial charge is 0.483 e. The van der Waals surface area contributed by atoms with Crippen molar-refractivity contribution in [2.24, 2.45) is 0 Å². The van der Waals surface area contributed by atoms with Gasteiger partial charge >= 0.3 is 0 Å². The maximum atomic E-state index is 13.1. The highest BCUT2D eigenvalue weighted by atomic mass is 16.5. The van der Waals surface area contributed by atoms with Crippen molar-refractivity contribution < 1.29 is 9.53 Å². The van der Waals surface area contributed by atoms with Crippen LogP contribution in [0.1, 0.15) is 41.4 Å². The number of carbonyl (C=O) groups is 1. The van der Waals surface area contributed by atoms with Crippen LogP contribution in [0.5, 0.6) is 5.75 Å². The van der Waals surface area contributed by atoms with E-state index < -0.39 is 0 Å². The Hall–Kier alpha value is -3.74. The van der Waals surface area contributed by atoms with Crippen LogP contribution < -0.4 is 4.74 Å². The van der Waals surface area contributed by atoms with Gasteiger partial charge in [0.1, 0.15) is 5.75 Å². The number of benzene rings is 1. The Bertz CT molecular complexity index is 1300. The zero-order valence-electron chi connectivity index (χ0n) is 19.2. The molecule has 168 valence electrons. The van der Waals surface area contributed by atoms with Gasteiger partial charge in [0, 0.05) is 18.1 Å². The number of aromatic nitrogens is 4. The minimum atomic E-state index is -0.0733. The second kappa shape index (κ2) is 8.65. The van der Waals surface area contributed by atoms with E-state index in [9.17, 15) is 4.79 Å². The van der Waals surface area contributed by atoms with Gasteiger partial charge < -0.3 is 9.64 Å². The topological polar surface area (TPSA) is 73.1 Å². The second-order valence-corrected chi connectivity index (χ2v) is 8.55. The van der Waals surface area contributed by atoms with Crippen molar-refractivity contribution >= 4 is 16.9 Å². The zero-order chi connectivity index (χ0) is 22.9. The van der Waals surface area contributed by atoms with Gasteiger partial charge in [-0.25, -0.2) is 9.97 Å². The number of para-hydroxylation sites is 1. The summed E-state index contributed by atoms with van der Waals surface area (Å²) in [4.78, 5) is 24.4. The van der Waals surface area contributed by atoms with Crippen LogP contribution in [-0.4, -0.2) is 43.7 Å². The van der Waals surface area contributed by atoms with Crippen LogP contribution in [0.2, 0.25) is 0 Å². The first-order valence-corrected chi connectivity index (χ1v) is 11.3. The molecule has 5 rings (SSSR count). The normalized spacial score (nSPS) is 15.8. The lowest BCUT2D eigenvalue weighted by molar-refractivity contribution is -0.134. The van der Waals surface area contributed by atoms with Crippen molar-refractivity contribution in [3.63, 3.8) is 0 Å². The summed E-state index contributed by atoms with van der Waals surface area (Å²) in [6.45, 7) is 6.70. The summed E-state index contributed by atoms with van der Waals surface area (Å²) in [6, 6.07) is 15.7. The number of ether oxygens (including phenoxy) is 1. The van der Waals surface area contributed by atoms with Crippen molar-refractivity contribution in [1.82, 2.24) is 24.6 Å². The van der Waals surface area contributed by atoms with Gasteiger partial charge in [-0.3, -0.25) is 4.79 Å². The molecule has 1 fully saturated rings. The predicted octanol–water partition coefficient (Wildman–Crippen LogP) is 4.48. The molecule has 33 heavy (non-hydrogen) atoms. The van der Waals surface area contributed by atoms with Crippen molar-refractivity contribution in [2.45, 2.75) is 39.7 Å². The summed E-state index contributed by atoms with van der Waals surface area (Å²) < 4.78 is 7.72. The number of likely N-dealkylation sites (tertiary alicyclic amines) is 1. The number of fused-ring (bicyclic) bond motifs is 1. The minimum Gasteiger partial charge on any atom is -0.483 e. The molecule has 1 atom stereocenters. The maximum Gasteiger partial charge on any atom is 0.261 e. The molecule has 0 N–H and O–H groups in total. The first kappa shape index (κ1) is 21.1. The first-order chi connectivity index (χ1) is 16.0. The fourth-order valence-electron chi connectivity index (χ4n) is 4.60. The highest BCUT2D eigenvalue weighted by molar-refractivity contribution is 5.81. The summed E-state index contributed by atoms with van der Waals surface area (Å²) in [5, 5.41) is 5.64. The van der Waals surface area contributed by atoms with E-state index in [1.54, 1.807) is 10.9 Å². The summed E-state index contributed by atoms with van der Waals surface area (Å²) in [5.74, 6) is 1.49. The Balaban J connectivity index is 1.41. The summed E-state index contributed by atoms with van der Waals surface area (Å²) >= 11 is 0. The number of rotatable bonds is 5. The van der Waals surface area contributed by atoms with E-state index in [0.29, 0.717) is 6.54 Å². The quantitative estimate of drug-likeness (QED) is 0.456. The van der Waals surface area contributed by atoms with Crippen LogP contribution in [0.25, 0.3) is 16.9 Å². The van der Waals surface area contributed by atoms with Crippen molar-refractivity contribution in [2.75, 3.05) is 13.2 Å². The van der Waals surface area contributed by atoms with E-state index in [0.717, 1.165) is 58.0 Å². The van der Waals surface area contributed by atoms with E-state index in [1.807, 2.05) is 74.2 Å². The van der Waals surface area contributed by atoms with Gasteiger partial charge in [0.25, 0.3) is 5.91 Å². The van der Waals surface area contributed by atoms with Crippen LogP contribution in [0.15, 0.2) is 54.7 Å². The SMILES string of the molecule is Cc1cccc(C)c1OCC(=O)N1CCCC1c1ccc2c(C)nn(-c3ccccn3)c2n1. The second-order valence-electron chi connectivity index (χ2n) is 8.55. The van der Waals surface area contributed by atoms with Crippen LogP contribution in [0.3, 0.4) is 0 Å². The molecule has 0 radical (unpaired) electrons. The number of carbonyl (C=O) groups excluding carboxylic acids is 1. The number of hydrogen-bond acceptors (Lipinski definition) is 5. The van der Waals surface area contributed by atoms with E-state index in [4.69, 9.17) is 9.72 Å². The van der Waals surface area contributed by atoms with E-state index in [-0.39, 0.29) is 18.6 Å². The monoisotopic (exact) mass is 441 g/mol. The zero-order valence-corrected chi connectivity index (χ0v) is 19.2. The molecule has 7 heteroatoms. The molecule has 1 amide bonds. The van der Waals surface area contributed by atoms with Crippen LogP contribution in [0, 0.1) is 20.8 Å². The molecule has 7 nitrogen and oxygen atoms in total. The lowest BCUT2D eigenvalue weighted by Gasteiger charge is -2.25. The molecule has 1 unspecified atom stereocenters. The average Bonchev–Trinajstić information content (AvgIpc) is 3.44. The Morgan fingerprint density at radius 1 is 1.06 bits per heavy atom. The van der Waals surface area contributed by atoms with Crippen molar-refractivity contribution in [1.29, 1.82) is 0 Å². The van der Waals surface area contributed by atoms with Crippen LogP contribution >= 0.6 is 0 Å². The van der Waals surface area contributed by atoms with Crippen molar-refractivity contribution in [3.05, 3.63) is 77.2 Å². The third-order valence-electron chi connectivity index (χ3n) is 6.27. The van der Waals surface area contributed by atoms with Gasteiger partial charge in [0.05, 0.1) is 17.4 Å². The third kappa shape index (κ3) is 3.95. The molecule has 4 aromatic rings. The molecular weight excluding hydrogens is 414 g/mol. The van der Waals surface area contributed by atoms with Gasteiger partial charge in [-0.1, -0.05) is 24.3 Å². The highest BCUT2D eigenvalue weighted by Gasteiger charge is 2.31. The minimum absolute atomic E-state index is 0.0172. The fourth-order valence-corrected chi connectivity index (χ4v) is 4.60. The Morgan fingerprint density at radius 3 is 2.64 bits per heavy atom. The first-order valence-electron chi connectivity index (χ1n) is 11.3. The lowest BCUT2D eigenvalue weighted by atomic mass is 10.1. The van der Waals surface area contributed by atoms with E-state index in [2.05, 4.69) is 10.1 Å². The Kier molecular flexibility index (Phi) is 5.54. The third-order valence-corrected chi connectivity index (χ3v) is 6.27. The van der Waals surface area contributed by atoms with Crippen LogP contribution in [0.4, 0.5) is 0 Å². The summed E-state index contributed by atoms with van der Waals surface area (Å²) in [7, 11) is 0. The molecular formula is C26H27N5O2. The Labute approximate surface area is 193 Å². The smallest absolute Gasteiger partial charge is 0.261 e. The number of hydrogen-bond donors (Lipinski definition) is 0. The van der Waals surface area contributed by atoms with E-state index in [1.165, 1.54) is 0 Å². The molecule has 0 aliphatic carbocycles. The molecule has 1 aliphatic heterocycles. The highest BCUT2D eigenvalue weighted by Crippen LogP contribution is 2.33. The molecule has 1 aromatic carbocycles. The molecule has 0 saturated carbocycles. The van der Waals surface area contributed by atoms with Crippen LogP contribution in [-0.2, 0) is 4.79 Å².